The summed E-state index contributed by atoms with van der Waals surface area (Å²) in [5, 5.41) is 3.08. The van der Waals surface area contributed by atoms with Gasteiger partial charge in [-0.25, -0.2) is 19.9 Å². The molecule has 4 rings (SSSR count). The number of anilines is 3. The minimum Gasteiger partial charge on any atom is -0.437 e. The smallest absolute Gasteiger partial charge is 0.433 e. The summed E-state index contributed by atoms with van der Waals surface area (Å²) < 4.78 is 45.9. The number of ether oxygens (including phenoxy) is 1. The number of halogens is 3. The van der Waals surface area contributed by atoms with Crippen LogP contribution in [-0.4, -0.2) is 29.5 Å². The molecule has 0 amide bonds. The van der Waals surface area contributed by atoms with E-state index in [0.717, 1.165) is 12.3 Å². The molecule has 4 aromatic heterocycles. The maximum atomic E-state index is 12.8. The number of aromatic nitrogens is 6. The number of hydrogen-bond donors (Lipinski definition) is 2. The van der Waals surface area contributed by atoms with E-state index in [1.165, 1.54) is 13.3 Å². The average molecular weight is 416 g/mol. The topological polar surface area (TPSA) is 117 Å². The number of pyridine rings is 2. The van der Waals surface area contributed by atoms with Crippen molar-refractivity contribution in [3.05, 3.63) is 48.3 Å². The van der Waals surface area contributed by atoms with Crippen LogP contribution in [0.5, 0.6) is 11.6 Å². The van der Waals surface area contributed by atoms with Gasteiger partial charge in [0.2, 0.25) is 5.88 Å². The molecule has 30 heavy (non-hydrogen) atoms. The predicted molar refractivity (Wildman–Crippen MR) is 102 cm³/mol. The molecule has 0 aliphatic carbocycles. The molecule has 0 fully saturated rings. The van der Waals surface area contributed by atoms with E-state index in [-0.39, 0.29) is 23.0 Å². The van der Waals surface area contributed by atoms with Crippen LogP contribution in [0, 0.1) is 6.92 Å². The quantitative estimate of drug-likeness (QED) is 0.518. The van der Waals surface area contributed by atoms with Crippen molar-refractivity contribution in [2.75, 3.05) is 11.1 Å². The van der Waals surface area contributed by atoms with Gasteiger partial charge in [-0.2, -0.15) is 18.2 Å². The van der Waals surface area contributed by atoms with Gasteiger partial charge < -0.3 is 20.4 Å². The highest BCUT2D eigenvalue weighted by Gasteiger charge is 2.32. The molecular formula is C18H15F3N8O. The number of nitrogens with one attached hydrogen (secondary N) is 1. The summed E-state index contributed by atoms with van der Waals surface area (Å²) in [7, 11) is 1.75. The Hall–Kier alpha value is -3.96. The van der Waals surface area contributed by atoms with Gasteiger partial charge in [-0.15, -0.1) is 0 Å². The van der Waals surface area contributed by atoms with Crippen molar-refractivity contribution in [3.8, 4) is 11.6 Å². The lowest BCUT2D eigenvalue weighted by atomic mass is 10.2. The van der Waals surface area contributed by atoms with E-state index in [1.54, 1.807) is 30.1 Å². The second kappa shape index (κ2) is 7.13. The lowest BCUT2D eigenvalue weighted by molar-refractivity contribution is -0.141. The van der Waals surface area contributed by atoms with Crippen LogP contribution >= 0.6 is 0 Å². The molecule has 0 aliphatic heterocycles. The van der Waals surface area contributed by atoms with Crippen molar-refractivity contribution in [2.45, 2.75) is 13.1 Å². The molecule has 4 heterocycles. The third kappa shape index (κ3) is 3.79. The molecule has 0 radical (unpaired) electrons. The fourth-order valence-electron chi connectivity index (χ4n) is 2.72. The molecule has 0 aliphatic rings. The average Bonchev–Trinajstić information content (AvgIpc) is 3.04. The summed E-state index contributed by atoms with van der Waals surface area (Å²) in [5.74, 6) is 0.996. The van der Waals surface area contributed by atoms with Gasteiger partial charge in [-0.1, -0.05) is 0 Å². The van der Waals surface area contributed by atoms with E-state index in [4.69, 9.17) is 10.5 Å². The van der Waals surface area contributed by atoms with Gasteiger partial charge in [0.1, 0.15) is 29.2 Å². The number of alkyl halides is 3. The number of nitrogens with zero attached hydrogens (tertiary/aromatic N) is 6. The molecule has 3 N–H and O–H groups in total. The molecule has 0 atom stereocenters. The Balaban J connectivity index is 1.72. The first kappa shape index (κ1) is 19.4. The molecule has 0 saturated carbocycles. The number of hydrogen-bond acceptors (Lipinski definition) is 8. The van der Waals surface area contributed by atoms with Gasteiger partial charge >= 0.3 is 6.18 Å². The first-order valence-electron chi connectivity index (χ1n) is 8.59. The summed E-state index contributed by atoms with van der Waals surface area (Å²) in [6, 6.07) is 4.02. The summed E-state index contributed by atoms with van der Waals surface area (Å²) in [6.07, 6.45) is -0.633. The van der Waals surface area contributed by atoms with Gasteiger partial charge in [0.15, 0.2) is 11.4 Å². The van der Waals surface area contributed by atoms with Gasteiger partial charge in [0, 0.05) is 19.2 Å². The first-order valence-corrected chi connectivity index (χ1v) is 8.59. The molecule has 154 valence electrons. The van der Waals surface area contributed by atoms with E-state index in [9.17, 15) is 13.2 Å². The minimum absolute atomic E-state index is 0.139. The van der Waals surface area contributed by atoms with Gasteiger partial charge in [-0.3, -0.25) is 0 Å². The third-order valence-corrected chi connectivity index (χ3v) is 4.16. The Labute approximate surface area is 167 Å². The summed E-state index contributed by atoms with van der Waals surface area (Å²) in [6.45, 7) is 1.50. The van der Waals surface area contributed by atoms with E-state index in [2.05, 4.69) is 30.2 Å². The standard InChI is InChI=1S/C18H15F3N8O/c1-9-3-12(18(19,20)21)23-6-11(9)30-15-4-10(16-17(28-15)29(2)8-26-16)27-14-5-13(22)24-7-25-14/h3-8H,1-2H3,(H3,22,24,25,27,28). The zero-order chi connectivity index (χ0) is 21.5. The SMILES string of the molecule is Cc1cc(C(F)(F)F)ncc1Oc1cc(Nc2cc(N)ncn2)c2ncn(C)c2n1. The van der Waals surface area contributed by atoms with Crippen molar-refractivity contribution < 1.29 is 17.9 Å². The molecule has 0 unspecified atom stereocenters. The maximum absolute atomic E-state index is 12.8. The summed E-state index contributed by atoms with van der Waals surface area (Å²) in [4.78, 5) is 20.1. The largest absolute Gasteiger partial charge is 0.437 e. The van der Waals surface area contributed by atoms with E-state index in [1.807, 2.05) is 0 Å². The summed E-state index contributed by atoms with van der Waals surface area (Å²) >= 11 is 0. The lowest BCUT2D eigenvalue weighted by Gasteiger charge is -2.12. The maximum Gasteiger partial charge on any atom is 0.433 e. The first-order chi connectivity index (χ1) is 14.2. The van der Waals surface area contributed by atoms with Crippen LogP contribution in [0.1, 0.15) is 11.3 Å². The fourth-order valence-corrected chi connectivity index (χ4v) is 2.72. The number of rotatable bonds is 4. The molecule has 9 nitrogen and oxygen atoms in total. The van der Waals surface area contributed by atoms with Gasteiger partial charge in [0.05, 0.1) is 18.2 Å². The molecule has 0 aromatic carbocycles. The van der Waals surface area contributed by atoms with Crippen molar-refractivity contribution in [3.63, 3.8) is 0 Å². The van der Waals surface area contributed by atoms with Crippen molar-refractivity contribution in [2.24, 2.45) is 7.05 Å². The molecular weight excluding hydrogens is 401 g/mol. The van der Waals surface area contributed by atoms with Crippen molar-refractivity contribution >= 4 is 28.5 Å². The van der Waals surface area contributed by atoms with Gasteiger partial charge in [0.25, 0.3) is 0 Å². The van der Waals surface area contributed by atoms with E-state index < -0.39 is 11.9 Å². The second-order valence-corrected chi connectivity index (χ2v) is 6.42. The normalized spacial score (nSPS) is 11.6. The Morgan fingerprint density at radius 2 is 1.90 bits per heavy atom. The third-order valence-electron chi connectivity index (χ3n) is 4.16. The zero-order valence-electron chi connectivity index (χ0n) is 15.8. The van der Waals surface area contributed by atoms with Crippen LogP contribution in [0.25, 0.3) is 11.2 Å². The highest BCUT2D eigenvalue weighted by Crippen LogP contribution is 2.33. The predicted octanol–water partition coefficient (Wildman–Crippen LogP) is 3.60. The van der Waals surface area contributed by atoms with Gasteiger partial charge in [-0.05, 0) is 18.6 Å². The van der Waals surface area contributed by atoms with Crippen LogP contribution in [0.2, 0.25) is 0 Å². The highest BCUT2D eigenvalue weighted by molar-refractivity contribution is 5.88. The minimum atomic E-state index is -4.54. The number of fused-ring (bicyclic) bond motifs is 1. The Bertz CT molecular complexity index is 1240. The van der Waals surface area contributed by atoms with Crippen LogP contribution in [0.15, 0.2) is 37.1 Å². The Kier molecular flexibility index (Phi) is 4.60. The molecule has 0 bridgehead atoms. The number of nitrogen functional groups attached to an aromatic ring is 1. The van der Waals surface area contributed by atoms with Crippen molar-refractivity contribution in [1.29, 1.82) is 0 Å². The van der Waals surface area contributed by atoms with Crippen LogP contribution in [0.4, 0.5) is 30.5 Å². The molecule has 4 aromatic rings. The number of nitrogens with two attached hydrogens (primary N) is 1. The van der Waals surface area contributed by atoms with E-state index >= 15 is 0 Å². The second-order valence-electron chi connectivity index (χ2n) is 6.42. The molecule has 0 saturated heterocycles. The zero-order valence-corrected chi connectivity index (χ0v) is 15.8. The van der Waals surface area contributed by atoms with Crippen LogP contribution in [-0.2, 0) is 13.2 Å². The number of aryl methyl sites for hydroxylation is 2. The number of imidazole rings is 1. The Morgan fingerprint density at radius 1 is 1.10 bits per heavy atom. The lowest BCUT2D eigenvalue weighted by Crippen LogP contribution is -2.08. The Morgan fingerprint density at radius 3 is 2.60 bits per heavy atom. The monoisotopic (exact) mass is 416 g/mol. The van der Waals surface area contributed by atoms with E-state index in [0.29, 0.717) is 22.7 Å². The highest BCUT2D eigenvalue weighted by atomic mass is 19.4. The fraction of sp³-hybridized carbons (Fsp3) is 0.167. The molecule has 12 heteroatoms. The summed E-state index contributed by atoms with van der Waals surface area (Å²) in [5.41, 5.74) is 6.52. The van der Waals surface area contributed by atoms with Crippen LogP contribution < -0.4 is 15.8 Å². The van der Waals surface area contributed by atoms with Crippen molar-refractivity contribution in [1.82, 2.24) is 29.5 Å². The molecule has 0 spiro atoms. The van der Waals surface area contributed by atoms with Crippen LogP contribution in [0.3, 0.4) is 0 Å².